The Bertz CT molecular complexity index is 470. The van der Waals surface area contributed by atoms with Gasteiger partial charge in [-0.3, -0.25) is 4.79 Å². The molecular formula is C14H20ClFN2O2. The zero-order chi connectivity index (χ0) is 13.8. The highest BCUT2D eigenvalue weighted by atomic mass is 35.5. The maximum Gasteiger partial charge on any atom is 0.240 e. The van der Waals surface area contributed by atoms with Crippen molar-refractivity contribution in [3.05, 3.63) is 35.1 Å². The summed E-state index contributed by atoms with van der Waals surface area (Å²) in [6.45, 7) is 5.28. The van der Waals surface area contributed by atoms with E-state index in [0.29, 0.717) is 25.3 Å². The second-order valence-electron chi connectivity index (χ2n) is 4.81. The first kappa shape index (κ1) is 16.9. The standard InChI is InChI=1S/C14H19FN2O2.ClH/c1-9-7-11(3-4-12(9)15)8-17-14(18)13-10(2)19-6-5-16-13;/h3-4,7,10,13,16H,5-6,8H2,1-2H3,(H,17,18);1H/t10-,13+;/m1./s1. The molecule has 0 aromatic heterocycles. The molecule has 0 bridgehead atoms. The highest BCUT2D eigenvalue weighted by molar-refractivity contribution is 5.85. The van der Waals surface area contributed by atoms with E-state index in [9.17, 15) is 9.18 Å². The smallest absolute Gasteiger partial charge is 0.240 e. The van der Waals surface area contributed by atoms with E-state index < -0.39 is 0 Å². The molecule has 1 aromatic rings. The van der Waals surface area contributed by atoms with Gasteiger partial charge in [-0.05, 0) is 31.0 Å². The predicted octanol–water partition coefficient (Wildman–Crippen LogP) is 1.55. The number of amides is 1. The molecule has 0 aliphatic carbocycles. The number of carbonyl (C=O) groups is 1. The van der Waals surface area contributed by atoms with E-state index >= 15 is 0 Å². The third kappa shape index (κ3) is 4.16. The van der Waals surface area contributed by atoms with Gasteiger partial charge in [-0.2, -0.15) is 0 Å². The Hall–Kier alpha value is -1.17. The number of carbonyl (C=O) groups excluding carboxylic acids is 1. The van der Waals surface area contributed by atoms with Crippen LogP contribution in [0.1, 0.15) is 18.1 Å². The second kappa shape index (κ2) is 7.57. The van der Waals surface area contributed by atoms with Crippen LogP contribution in [0.4, 0.5) is 4.39 Å². The lowest BCUT2D eigenvalue weighted by Crippen LogP contribution is -2.55. The molecule has 2 N–H and O–H groups in total. The molecular weight excluding hydrogens is 283 g/mol. The fourth-order valence-electron chi connectivity index (χ4n) is 2.14. The first-order valence-electron chi connectivity index (χ1n) is 6.45. The van der Waals surface area contributed by atoms with Gasteiger partial charge in [0.1, 0.15) is 11.9 Å². The predicted molar refractivity (Wildman–Crippen MR) is 77.4 cm³/mol. The summed E-state index contributed by atoms with van der Waals surface area (Å²) in [6.07, 6.45) is -0.135. The monoisotopic (exact) mass is 302 g/mol. The zero-order valence-corrected chi connectivity index (χ0v) is 12.4. The number of rotatable bonds is 3. The van der Waals surface area contributed by atoms with Gasteiger partial charge in [0.05, 0.1) is 12.7 Å². The van der Waals surface area contributed by atoms with Gasteiger partial charge in [-0.25, -0.2) is 4.39 Å². The molecule has 1 amide bonds. The molecule has 1 aromatic carbocycles. The largest absolute Gasteiger partial charge is 0.375 e. The summed E-state index contributed by atoms with van der Waals surface area (Å²) in [7, 11) is 0. The molecule has 1 saturated heterocycles. The average Bonchev–Trinajstić information content (AvgIpc) is 2.40. The molecule has 0 saturated carbocycles. The van der Waals surface area contributed by atoms with Crippen molar-refractivity contribution in [1.82, 2.24) is 10.6 Å². The van der Waals surface area contributed by atoms with E-state index in [2.05, 4.69) is 10.6 Å². The lowest BCUT2D eigenvalue weighted by molar-refractivity contribution is -0.129. The molecule has 20 heavy (non-hydrogen) atoms. The first-order chi connectivity index (χ1) is 9.08. The number of morpholine rings is 1. The molecule has 2 atom stereocenters. The lowest BCUT2D eigenvalue weighted by atomic mass is 10.1. The third-order valence-corrected chi connectivity index (χ3v) is 3.29. The van der Waals surface area contributed by atoms with Crippen LogP contribution in [0, 0.1) is 12.7 Å². The molecule has 0 unspecified atom stereocenters. The number of ether oxygens (including phenoxy) is 1. The van der Waals surface area contributed by atoms with Crippen LogP contribution in [0.2, 0.25) is 0 Å². The summed E-state index contributed by atoms with van der Waals surface area (Å²) in [5, 5.41) is 5.97. The van der Waals surface area contributed by atoms with E-state index in [4.69, 9.17) is 4.74 Å². The van der Waals surface area contributed by atoms with Gasteiger partial charge in [0.15, 0.2) is 0 Å². The highest BCUT2D eigenvalue weighted by Crippen LogP contribution is 2.09. The molecule has 1 heterocycles. The Morgan fingerprint density at radius 1 is 1.55 bits per heavy atom. The van der Waals surface area contributed by atoms with Crippen LogP contribution < -0.4 is 10.6 Å². The topological polar surface area (TPSA) is 50.4 Å². The highest BCUT2D eigenvalue weighted by Gasteiger charge is 2.27. The van der Waals surface area contributed by atoms with Crippen molar-refractivity contribution in [3.8, 4) is 0 Å². The van der Waals surface area contributed by atoms with Crippen molar-refractivity contribution in [2.75, 3.05) is 13.2 Å². The average molecular weight is 303 g/mol. The SMILES string of the molecule is Cc1cc(CNC(=O)[C@H]2NCCO[C@@H]2C)ccc1F.Cl. The number of nitrogens with one attached hydrogen (secondary N) is 2. The third-order valence-electron chi connectivity index (χ3n) is 3.29. The van der Waals surface area contributed by atoms with Crippen LogP contribution in [0.25, 0.3) is 0 Å². The number of benzene rings is 1. The van der Waals surface area contributed by atoms with Gasteiger partial charge in [-0.15, -0.1) is 12.4 Å². The Labute approximate surface area is 124 Å². The molecule has 1 aliphatic heterocycles. The van der Waals surface area contributed by atoms with Crippen molar-refractivity contribution in [3.63, 3.8) is 0 Å². The number of hydrogen-bond acceptors (Lipinski definition) is 3. The molecule has 112 valence electrons. The van der Waals surface area contributed by atoms with Gasteiger partial charge in [0, 0.05) is 13.1 Å². The Kier molecular flexibility index (Phi) is 6.39. The van der Waals surface area contributed by atoms with Crippen molar-refractivity contribution < 1.29 is 13.9 Å². The van der Waals surface area contributed by atoms with Crippen LogP contribution in [0.5, 0.6) is 0 Å². The first-order valence-corrected chi connectivity index (χ1v) is 6.45. The van der Waals surface area contributed by atoms with Crippen LogP contribution in [-0.4, -0.2) is 31.2 Å². The number of aryl methyl sites for hydroxylation is 1. The molecule has 2 rings (SSSR count). The minimum Gasteiger partial charge on any atom is -0.375 e. The van der Waals surface area contributed by atoms with Crippen molar-refractivity contribution in [2.45, 2.75) is 32.5 Å². The Balaban J connectivity index is 0.00000200. The van der Waals surface area contributed by atoms with E-state index in [-0.39, 0.29) is 36.3 Å². The van der Waals surface area contributed by atoms with Crippen molar-refractivity contribution >= 4 is 18.3 Å². The fraction of sp³-hybridized carbons (Fsp3) is 0.500. The quantitative estimate of drug-likeness (QED) is 0.891. The second-order valence-corrected chi connectivity index (χ2v) is 4.81. The van der Waals surface area contributed by atoms with Crippen LogP contribution >= 0.6 is 12.4 Å². The van der Waals surface area contributed by atoms with E-state index in [0.717, 1.165) is 5.56 Å². The molecule has 0 spiro atoms. The van der Waals surface area contributed by atoms with E-state index in [1.165, 1.54) is 6.07 Å². The van der Waals surface area contributed by atoms with Crippen LogP contribution in [0.3, 0.4) is 0 Å². The summed E-state index contributed by atoms with van der Waals surface area (Å²) in [4.78, 5) is 12.0. The maximum atomic E-state index is 13.1. The summed E-state index contributed by atoms with van der Waals surface area (Å²) in [6, 6.07) is 4.51. The fourth-order valence-corrected chi connectivity index (χ4v) is 2.14. The number of hydrogen-bond donors (Lipinski definition) is 2. The Morgan fingerprint density at radius 3 is 2.95 bits per heavy atom. The van der Waals surface area contributed by atoms with Gasteiger partial charge < -0.3 is 15.4 Å². The molecule has 1 fully saturated rings. The summed E-state index contributed by atoms with van der Waals surface area (Å²) >= 11 is 0. The Morgan fingerprint density at radius 2 is 2.30 bits per heavy atom. The van der Waals surface area contributed by atoms with Gasteiger partial charge in [0.2, 0.25) is 5.91 Å². The van der Waals surface area contributed by atoms with Gasteiger partial charge >= 0.3 is 0 Å². The molecule has 4 nitrogen and oxygen atoms in total. The van der Waals surface area contributed by atoms with Crippen molar-refractivity contribution in [1.29, 1.82) is 0 Å². The van der Waals surface area contributed by atoms with Crippen molar-refractivity contribution in [2.24, 2.45) is 0 Å². The summed E-state index contributed by atoms with van der Waals surface area (Å²) in [5.41, 5.74) is 1.47. The zero-order valence-electron chi connectivity index (χ0n) is 11.6. The summed E-state index contributed by atoms with van der Waals surface area (Å²) < 4.78 is 18.6. The maximum absolute atomic E-state index is 13.1. The summed E-state index contributed by atoms with van der Waals surface area (Å²) in [5.74, 6) is -0.319. The lowest BCUT2D eigenvalue weighted by Gasteiger charge is -2.29. The van der Waals surface area contributed by atoms with E-state index in [1.54, 1.807) is 19.1 Å². The number of halogens is 2. The van der Waals surface area contributed by atoms with Crippen LogP contribution in [0.15, 0.2) is 18.2 Å². The minimum absolute atomic E-state index is 0. The van der Waals surface area contributed by atoms with Gasteiger partial charge in [-0.1, -0.05) is 12.1 Å². The molecule has 6 heteroatoms. The van der Waals surface area contributed by atoms with Crippen LogP contribution in [-0.2, 0) is 16.1 Å². The molecule has 0 radical (unpaired) electrons. The normalized spacial score (nSPS) is 21.9. The van der Waals surface area contributed by atoms with E-state index in [1.807, 2.05) is 6.92 Å². The van der Waals surface area contributed by atoms with Gasteiger partial charge in [0.25, 0.3) is 0 Å². The minimum atomic E-state index is -0.324. The molecule has 1 aliphatic rings.